The van der Waals surface area contributed by atoms with Gasteiger partial charge in [-0.15, -0.1) is 10.2 Å². The van der Waals surface area contributed by atoms with E-state index in [-0.39, 0.29) is 24.4 Å². The third-order valence-electron chi connectivity index (χ3n) is 6.68. The fourth-order valence-electron chi connectivity index (χ4n) is 4.26. The molecule has 36 heavy (non-hydrogen) atoms. The van der Waals surface area contributed by atoms with Crippen LogP contribution < -0.4 is 9.64 Å². The maximum absolute atomic E-state index is 13.3. The lowest BCUT2D eigenvalue weighted by atomic mass is 10.1. The third kappa shape index (κ3) is 5.82. The predicted octanol–water partition coefficient (Wildman–Crippen LogP) is 3.74. The molecule has 2 amide bonds. The fourth-order valence-corrected chi connectivity index (χ4v) is 4.26. The van der Waals surface area contributed by atoms with Crippen LogP contribution in [0.4, 0.5) is 5.82 Å². The zero-order chi connectivity index (χ0) is 25.5. The molecule has 4 rings (SSSR count). The normalized spacial score (nSPS) is 14.3. The summed E-state index contributed by atoms with van der Waals surface area (Å²) in [5, 5.41) is 8.79. The largest absolute Gasteiger partial charge is 0.497 e. The van der Waals surface area contributed by atoms with Gasteiger partial charge in [0.05, 0.1) is 12.8 Å². The van der Waals surface area contributed by atoms with Crippen molar-refractivity contribution < 1.29 is 14.3 Å². The molecule has 8 heteroatoms. The van der Waals surface area contributed by atoms with Gasteiger partial charge >= 0.3 is 0 Å². The minimum Gasteiger partial charge on any atom is -0.497 e. The summed E-state index contributed by atoms with van der Waals surface area (Å²) in [5.41, 5.74) is 2.38. The molecule has 1 atom stereocenters. The van der Waals surface area contributed by atoms with E-state index in [0.29, 0.717) is 37.5 Å². The molecule has 3 aromatic rings. The highest BCUT2D eigenvalue weighted by atomic mass is 16.5. The molecule has 8 nitrogen and oxygen atoms in total. The number of amides is 2. The molecule has 0 N–H and O–H groups in total. The molecular formula is C28H33N5O3. The van der Waals surface area contributed by atoms with Crippen LogP contribution in [0.3, 0.4) is 0 Å². The van der Waals surface area contributed by atoms with Crippen molar-refractivity contribution in [1.82, 2.24) is 20.0 Å². The van der Waals surface area contributed by atoms with Crippen LogP contribution in [-0.4, -0.2) is 77.7 Å². The second-order valence-corrected chi connectivity index (χ2v) is 8.93. The van der Waals surface area contributed by atoms with Crippen LogP contribution in [0.15, 0.2) is 66.7 Å². The summed E-state index contributed by atoms with van der Waals surface area (Å²) < 4.78 is 5.26. The third-order valence-corrected chi connectivity index (χ3v) is 6.68. The lowest BCUT2D eigenvalue weighted by Crippen LogP contribution is -2.53. The highest BCUT2D eigenvalue weighted by Crippen LogP contribution is 2.20. The number of methoxy groups -OCH3 is 1. The van der Waals surface area contributed by atoms with Crippen molar-refractivity contribution >= 4 is 17.6 Å². The predicted molar refractivity (Wildman–Crippen MR) is 140 cm³/mol. The lowest BCUT2D eigenvalue weighted by molar-refractivity contribution is -0.132. The molecule has 2 aromatic carbocycles. The van der Waals surface area contributed by atoms with Crippen molar-refractivity contribution in [2.75, 3.05) is 44.7 Å². The first-order valence-corrected chi connectivity index (χ1v) is 12.4. The van der Waals surface area contributed by atoms with E-state index in [0.717, 1.165) is 23.5 Å². The number of hydrogen-bond acceptors (Lipinski definition) is 6. The minimum atomic E-state index is -0.163. The number of hydrogen-bond donors (Lipinski definition) is 0. The number of anilines is 1. The zero-order valence-electron chi connectivity index (χ0n) is 21.1. The van der Waals surface area contributed by atoms with Crippen LogP contribution in [-0.2, 0) is 4.79 Å². The average molecular weight is 488 g/mol. The Hall–Kier alpha value is -3.94. The number of piperazine rings is 1. The number of rotatable bonds is 8. The molecule has 1 fully saturated rings. The van der Waals surface area contributed by atoms with Crippen LogP contribution in [0.25, 0.3) is 11.3 Å². The number of carbonyl (C=O) groups excluding carboxylic acids is 2. The second kappa shape index (κ2) is 11.7. The Morgan fingerprint density at radius 3 is 2.36 bits per heavy atom. The highest BCUT2D eigenvalue weighted by molar-refractivity contribution is 5.97. The maximum atomic E-state index is 13.3. The molecule has 0 saturated carbocycles. The van der Waals surface area contributed by atoms with E-state index < -0.39 is 0 Å². The number of benzene rings is 2. The molecule has 0 unspecified atom stereocenters. The summed E-state index contributed by atoms with van der Waals surface area (Å²) in [5.74, 6) is 1.21. The topological polar surface area (TPSA) is 78.9 Å². The van der Waals surface area contributed by atoms with Crippen molar-refractivity contribution in [2.24, 2.45) is 0 Å². The minimum absolute atomic E-state index is 0.0447. The van der Waals surface area contributed by atoms with E-state index in [1.807, 2.05) is 61.2 Å². The van der Waals surface area contributed by atoms with E-state index in [2.05, 4.69) is 15.1 Å². The van der Waals surface area contributed by atoms with Crippen LogP contribution in [0, 0.1) is 0 Å². The van der Waals surface area contributed by atoms with E-state index in [1.165, 1.54) is 0 Å². The summed E-state index contributed by atoms with van der Waals surface area (Å²) >= 11 is 0. The first-order valence-electron chi connectivity index (χ1n) is 12.4. The Kier molecular flexibility index (Phi) is 8.15. The van der Waals surface area contributed by atoms with Gasteiger partial charge in [-0.05, 0) is 43.7 Å². The molecule has 1 aliphatic heterocycles. The van der Waals surface area contributed by atoms with Gasteiger partial charge in [-0.25, -0.2) is 0 Å². The van der Waals surface area contributed by atoms with Gasteiger partial charge in [-0.1, -0.05) is 43.3 Å². The van der Waals surface area contributed by atoms with Crippen LogP contribution >= 0.6 is 0 Å². The van der Waals surface area contributed by atoms with E-state index in [9.17, 15) is 9.59 Å². The Morgan fingerprint density at radius 2 is 1.72 bits per heavy atom. The number of aromatic nitrogens is 2. The summed E-state index contributed by atoms with van der Waals surface area (Å²) in [7, 11) is 1.57. The van der Waals surface area contributed by atoms with Gasteiger partial charge in [0.25, 0.3) is 5.91 Å². The van der Waals surface area contributed by atoms with Gasteiger partial charge in [0.15, 0.2) is 5.82 Å². The summed E-state index contributed by atoms with van der Waals surface area (Å²) in [4.78, 5) is 32.1. The monoisotopic (exact) mass is 487 g/mol. The SMILES string of the molecule is CC[C@H](C)N(CC(=O)N1CCN(c2ccc(-c3ccccc3)nn2)CC1)C(=O)c1cccc(OC)c1. The van der Waals surface area contributed by atoms with Gasteiger partial charge in [-0.2, -0.15) is 0 Å². The van der Waals surface area contributed by atoms with E-state index >= 15 is 0 Å². The van der Waals surface area contributed by atoms with Crippen molar-refractivity contribution in [3.8, 4) is 17.0 Å². The van der Waals surface area contributed by atoms with Gasteiger partial charge in [0.2, 0.25) is 5.91 Å². The van der Waals surface area contributed by atoms with Crippen molar-refractivity contribution in [3.63, 3.8) is 0 Å². The van der Waals surface area contributed by atoms with Crippen molar-refractivity contribution in [1.29, 1.82) is 0 Å². The zero-order valence-corrected chi connectivity index (χ0v) is 21.1. The summed E-state index contributed by atoms with van der Waals surface area (Å²) in [6.45, 7) is 6.52. The molecular weight excluding hydrogens is 454 g/mol. The molecule has 1 aromatic heterocycles. The lowest BCUT2D eigenvalue weighted by Gasteiger charge is -2.37. The van der Waals surface area contributed by atoms with Gasteiger partial charge in [0.1, 0.15) is 12.3 Å². The summed E-state index contributed by atoms with van der Waals surface area (Å²) in [6.07, 6.45) is 0.758. The number of nitrogens with zero attached hydrogens (tertiary/aromatic N) is 5. The molecule has 0 aliphatic carbocycles. The van der Waals surface area contributed by atoms with Crippen LogP contribution in [0.1, 0.15) is 30.6 Å². The van der Waals surface area contributed by atoms with E-state index in [4.69, 9.17) is 4.74 Å². The van der Waals surface area contributed by atoms with Crippen LogP contribution in [0.5, 0.6) is 5.75 Å². The molecule has 188 valence electrons. The number of carbonyl (C=O) groups is 2. The molecule has 0 bridgehead atoms. The average Bonchev–Trinajstić information content (AvgIpc) is 2.95. The molecule has 1 aliphatic rings. The number of ether oxygens (including phenoxy) is 1. The van der Waals surface area contributed by atoms with Gasteiger partial charge in [0, 0.05) is 43.3 Å². The molecule has 0 radical (unpaired) electrons. The van der Waals surface area contributed by atoms with Crippen molar-refractivity contribution in [3.05, 3.63) is 72.3 Å². The molecule has 2 heterocycles. The first-order chi connectivity index (χ1) is 17.5. The second-order valence-electron chi connectivity index (χ2n) is 8.93. The Balaban J connectivity index is 1.37. The fraction of sp³-hybridized carbons (Fsp3) is 0.357. The molecule has 0 spiro atoms. The van der Waals surface area contributed by atoms with Gasteiger partial charge < -0.3 is 19.4 Å². The Bertz CT molecular complexity index is 1160. The highest BCUT2D eigenvalue weighted by Gasteiger charge is 2.28. The summed E-state index contributed by atoms with van der Waals surface area (Å²) in [6, 6.07) is 20.9. The smallest absolute Gasteiger partial charge is 0.254 e. The Labute approximate surface area is 212 Å². The standard InChI is InChI=1S/C28H33N5O3/c1-4-21(2)33(28(35)23-11-8-12-24(19-23)36-3)20-27(34)32-17-15-31(16-18-32)26-14-13-25(29-30-26)22-9-6-5-7-10-22/h5-14,19,21H,4,15-18,20H2,1-3H3/t21-/m0/s1. The Morgan fingerprint density at radius 1 is 0.972 bits per heavy atom. The van der Waals surface area contributed by atoms with Gasteiger partial charge in [-0.3, -0.25) is 9.59 Å². The van der Waals surface area contributed by atoms with Crippen molar-refractivity contribution in [2.45, 2.75) is 26.3 Å². The first kappa shape index (κ1) is 25.2. The van der Waals surface area contributed by atoms with Crippen LogP contribution in [0.2, 0.25) is 0 Å². The maximum Gasteiger partial charge on any atom is 0.254 e. The molecule has 1 saturated heterocycles. The van der Waals surface area contributed by atoms with E-state index in [1.54, 1.807) is 36.3 Å². The quantitative estimate of drug-likeness (QED) is 0.482.